The van der Waals surface area contributed by atoms with Gasteiger partial charge in [0.2, 0.25) is 0 Å². The zero-order valence-corrected chi connectivity index (χ0v) is 17.3. The molecule has 0 aromatic heterocycles. The molecular weight excluding hydrogens is 380 g/mol. The summed E-state index contributed by atoms with van der Waals surface area (Å²) in [5.74, 6) is 0.588. The van der Waals surface area contributed by atoms with Gasteiger partial charge in [-0.15, -0.1) is 0 Å². The number of amides is 2. The fraction of sp³-hybridized carbons (Fsp3) is 0.333. The molecule has 0 aliphatic rings. The summed E-state index contributed by atoms with van der Waals surface area (Å²) in [6, 6.07) is 8.81. The molecule has 0 fully saturated rings. The molecule has 2 aromatic rings. The average molecular weight is 405 g/mol. The molecule has 150 valence electrons. The van der Waals surface area contributed by atoms with E-state index in [2.05, 4.69) is 10.6 Å². The number of nitrogens with one attached hydrogen (secondary N) is 2. The number of aryl methyl sites for hydroxylation is 2. The van der Waals surface area contributed by atoms with E-state index in [0.29, 0.717) is 16.3 Å². The Balaban J connectivity index is 1.78. The van der Waals surface area contributed by atoms with Gasteiger partial charge in [-0.25, -0.2) is 0 Å². The molecule has 6 nitrogen and oxygen atoms in total. The summed E-state index contributed by atoms with van der Waals surface area (Å²) in [7, 11) is 1.48. The lowest BCUT2D eigenvalue weighted by molar-refractivity contribution is -0.123. The van der Waals surface area contributed by atoms with Gasteiger partial charge in [0.1, 0.15) is 11.5 Å². The van der Waals surface area contributed by atoms with Crippen LogP contribution < -0.4 is 20.1 Å². The number of carbonyl (C=O) groups is 2. The summed E-state index contributed by atoms with van der Waals surface area (Å²) >= 11 is 5.93. The van der Waals surface area contributed by atoms with Crippen molar-refractivity contribution in [2.75, 3.05) is 26.8 Å². The van der Waals surface area contributed by atoms with Gasteiger partial charge in [0.15, 0.2) is 6.61 Å². The lowest BCUT2D eigenvalue weighted by Crippen LogP contribution is -2.37. The molecule has 2 rings (SSSR count). The molecule has 0 bridgehead atoms. The molecule has 7 heteroatoms. The van der Waals surface area contributed by atoms with Crippen LogP contribution in [0.15, 0.2) is 30.3 Å². The highest BCUT2D eigenvalue weighted by atomic mass is 35.5. The molecule has 0 spiro atoms. The number of ether oxygens (including phenoxy) is 2. The van der Waals surface area contributed by atoms with Crippen molar-refractivity contribution in [1.82, 2.24) is 10.6 Å². The van der Waals surface area contributed by atoms with E-state index in [1.165, 1.54) is 13.2 Å². The fourth-order valence-electron chi connectivity index (χ4n) is 2.67. The summed E-state index contributed by atoms with van der Waals surface area (Å²) in [4.78, 5) is 24.2. The molecule has 0 unspecified atom stereocenters. The first-order valence-electron chi connectivity index (χ1n) is 8.91. The molecule has 2 aromatic carbocycles. The van der Waals surface area contributed by atoms with Crippen molar-refractivity contribution in [2.45, 2.75) is 20.8 Å². The number of hydrogen-bond donors (Lipinski definition) is 2. The number of carbonyl (C=O) groups excluding carboxylic acids is 2. The number of hydrogen-bond acceptors (Lipinski definition) is 4. The summed E-state index contributed by atoms with van der Waals surface area (Å²) < 4.78 is 10.8. The van der Waals surface area contributed by atoms with Gasteiger partial charge in [-0.1, -0.05) is 23.7 Å². The van der Waals surface area contributed by atoms with Crippen molar-refractivity contribution >= 4 is 23.4 Å². The first-order chi connectivity index (χ1) is 13.3. The lowest BCUT2D eigenvalue weighted by Gasteiger charge is -2.14. The second-order valence-electron chi connectivity index (χ2n) is 6.39. The number of rotatable bonds is 8. The minimum absolute atomic E-state index is 0.0821. The van der Waals surface area contributed by atoms with E-state index >= 15 is 0 Å². The van der Waals surface area contributed by atoms with Gasteiger partial charge in [-0.3, -0.25) is 9.59 Å². The highest BCUT2D eigenvalue weighted by Gasteiger charge is 2.13. The van der Waals surface area contributed by atoms with Crippen molar-refractivity contribution in [1.29, 1.82) is 0 Å². The molecule has 0 saturated carbocycles. The van der Waals surface area contributed by atoms with E-state index in [-0.39, 0.29) is 31.5 Å². The highest BCUT2D eigenvalue weighted by Crippen LogP contribution is 2.25. The molecule has 0 radical (unpaired) electrons. The molecular formula is C21H25ClN2O4. The smallest absolute Gasteiger partial charge is 0.258 e. The first-order valence-corrected chi connectivity index (χ1v) is 9.29. The van der Waals surface area contributed by atoms with Crippen LogP contribution in [-0.2, 0) is 4.79 Å². The Morgan fingerprint density at radius 2 is 1.68 bits per heavy atom. The van der Waals surface area contributed by atoms with Crippen LogP contribution >= 0.6 is 11.6 Å². The van der Waals surface area contributed by atoms with Crippen molar-refractivity contribution in [3.63, 3.8) is 0 Å². The topological polar surface area (TPSA) is 76.7 Å². The van der Waals surface area contributed by atoms with E-state index < -0.39 is 0 Å². The SMILES string of the molecule is COc1ccc(Cl)cc1C(=O)NCCNC(=O)COc1c(C)ccc(C)c1C. The second kappa shape index (κ2) is 9.99. The Hall–Kier alpha value is -2.73. The van der Waals surface area contributed by atoms with E-state index in [0.717, 1.165) is 22.4 Å². The maximum absolute atomic E-state index is 12.3. The van der Waals surface area contributed by atoms with Crippen LogP contribution in [0.3, 0.4) is 0 Å². The van der Waals surface area contributed by atoms with Gasteiger partial charge in [-0.05, 0) is 55.7 Å². The standard InChI is InChI=1S/C21H25ClN2O4/c1-13-5-6-14(2)20(15(13)3)28-12-19(25)23-9-10-24-21(26)17-11-16(22)7-8-18(17)27-4/h5-8,11H,9-10,12H2,1-4H3,(H,23,25)(H,24,26). The average Bonchev–Trinajstić information content (AvgIpc) is 2.68. The van der Waals surface area contributed by atoms with E-state index in [1.54, 1.807) is 12.1 Å². The zero-order chi connectivity index (χ0) is 20.7. The number of benzene rings is 2. The summed E-state index contributed by atoms with van der Waals surface area (Å²) in [6.45, 7) is 6.38. The fourth-order valence-corrected chi connectivity index (χ4v) is 2.84. The second-order valence-corrected chi connectivity index (χ2v) is 6.83. The third-order valence-electron chi connectivity index (χ3n) is 4.36. The molecule has 0 aliphatic heterocycles. The predicted octanol–water partition coefficient (Wildman–Crippen LogP) is 3.20. The third-order valence-corrected chi connectivity index (χ3v) is 4.60. The Morgan fingerprint density at radius 3 is 2.39 bits per heavy atom. The molecule has 0 heterocycles. The van der Waals surface area contributed by atoms with Crippen LogP contribution in [-0.4, -0.2) is 38.6 Å². The van der Waals surface area contributed by atoms with Crippen LogP contribution in [0.1, 0.15) is 27.0 Å². The van der Waals surface area contributed by atoms with Gasteiger partial charge in [0.05, 0.1) is 12.7 Å². The van der Waals surface area contributed by atoms with Gasteiger partial charge in [-0.2, -0.15) is 0 Å². The van der Waals surface area contributed by atoms with E-state index in [4.69, 9.17) is 21.1 Å². The molecule has 28 heavy (non-hydrogen) atoms. The van der Waals surface area contributed by atoms with Crippen LogP contribution in [0.5, 0.6) is 11.5 Å². The van der Waals surface area contributed by atoms with Gasteiger partial charge < -0.3 is 20.1 Å². The van der Waals surface area contributed by atoms with Crippen LogP contribution in [0, 0.1) is 20.8 Å². The Bertz CT molecular complexity index is 868. The van der Waals surface area contributed by atoms with Crippen LogP contribution in [0.25, 0.3) is 0 Å². The van der Waals surface area contributed by atoms with Gasteiger partial charge >= 0.3 is 0 Å². The Labute approximate surface area is 170 Å². The summed E-state index contributed by atoms with van der Waals surface area (Å²) in [5, 5.41) is 5.88. The van der Waals surface area contributed by atoms with Crippen molar-refractivity contribution in [3.05, 3.63) is 57.6 Å². The molecule has 0 atom stereocenters. The molecule has 2 amide bonds. The Kier molecular flexibility index (Phi) is 7.70. The largest absolute Gasteiger partial charge is 0.496 e. The minimum Gasteiger partial charge on any atom is -0.496 e. The number of halogens is 1. The van der Waals surface area contributed by atoms with Gasteiger partial charge in [0, 0.05) is 18.1 Å². The minimum atomic E-state index is -0.323. The lowest BCUT2D eigenvalue weighted by atomic mass is 10.1. The molecule has 0 aliphatic carbocycles. The highest BCUT2D eigenvalue weighted by molar-refractivity contribution is 6.31. The maximum atomic E-state index is 12.3. The first kappa shape index (κ1) is 21.6. The summed E-state index contributed by atoms with van der Waals surface area (Å²) in [6.07, 6.45) is 0. The molecule has 0 saturated heterocycles. The third kappa shape index (κ3) is 5.63. The molecule has 2 N–H and O–H groups in total. The predicted molar refractivity (Wildman–Crippen MR) is 109 cm³/mol. The van der Waals surface area contributed by atoms with Crippen molar-refractivity contribution in [2.24, 2.45) is 0 Å². The maximum Gasteiger partial charge on any atom is 0.258 e. The monoisotopic (exact) mass is 404 g/mol. The van der Waals surface area contributed by atoms with E-state index in [1.807, 2.05) is 32.9 Å². The van der Waals surface area contributed by atoms with E-state index in [9.17, 15) is 9.59 Å². The van der Waals surface area contributed by atoms with Crippen molar-refractivity contribution in [3.8, 4) is 11.5 Å². The Morgan fingerprint density at radius 1 is 1.00 bits per heavy atom. The van der Waals surface area contributed by atoms with Gasteiger partial charge in [0.25, 0.3) is 11.8 Å². The van der Waals surface area contributed by atoms with Crippen LogP contribution in [0.2, 0.25) is 5.02 Å². The van der Waals surface area contributed by atoms with Crippen LogP contribution in [0.4, 0.5) is 0 Å². The van der Waals surface area contributed by atoms with Crippen molar-refractivity contribution < 1.29 is 19.1 Å². The normalized spacial score (nSPS) is 10.3. The zero-order valence-electron chi connectivity index (χ0n) is 16.5. The number of methoxy groups -OCH3 is 1. The summed E-state index contributed by atoms with van der Waals surface area (Å²) in [5.41, 5.74) is 3.46. The quantitative estimate of drug-likeness (QED) is 0.662.